The molecule has 2 aromatic heterocycles. The summed E-state index contributed by atoms with van der Waals surface area (Å²) in [6.07, 6.45) is 1.25. The second kappa shape index (κ2) is 4.18. The van der Waals surface area contributed by atoms with Crippen molar-refractivity contribution in [3.63, 3.8) is 0 Å². The first-order chi connectivity index (χ1) is 8.33. The van der Waals surface area contributed by atoms with Crippen LogP contribution in [0.25, 0.3) is 0 Å². The molecule has 0 aliphatic rings. The van der Waals surface area contributed by atoms with Crippen LogP contribution in [0.1, 0.15) is 5.69 Å². The topological polar surface area (TPSA) is 119 Å². The molecule has 8 nitrogen and oxygen atoms in total. The number of aromatic amines is 1. The number of nitrogen functional groups attached to an aromatic ring is 1. The highest BCUT2D eigenvalue weighted by Gasteiger charge is 2.24. The van der Waals surface area contributed by atoms with Crippen molar-refractivity contribution < 1.29 is 8.42 Å². The van der Waals surface area contributed by atoms with E-state index >= 15 is 0 Å². The predicted molar refractivity (Wildman–Crippen MR) is 66.8 cm³/mol. The largest absolute Gasteiger partial charge is 0.394 e. The lowest BCUT2D eigenvalue weighted by Crippen LogP contribution is -2.18. The van der Waals surface area contributed by atoms with Crippen molar-refractivity contribution in [2.45, 2.75) is 11.9 Å². The molecule has 0 unspecified atom stereocenters. The Morgan fingerprint density at radius 1 is 1.56 bits per heavy atom. The molecule has 10 heteroatoms. The molecule has 2 heterocycles. The fourth-order valence-electron chi connectivity index (χ4n) is 1.39. The molecule has 2 aromatic rings. The molecule has 18 heavy (non-hydrogen) atoms. The second-order valence-electron chi connectivity index (χ2n) is 3.64. The van der Waals surface area contributed by atoms with Crippen LogP contribution in [0.15, 0.2) is 11.2 Å². The molecule has 0 radical (unpaired) electrons. The Labute approximate surface area is 108 Å². The van der Waals surface area contributed by atoms with E-state index in [9.17, 15) is 8.42 Å². The average Bonchev–Trinajstić information content (AvgIpc) is 2.76. The average molecular weight is 291 g/mol. The van der Waals surface area contributed by atoms with Crippen LogP contribution in [-0.4, -0.2) is 28.4 Å². The third-order valence-corrected chi connectivity index (χ3v) is 4.17. The number of sulfonamides is 1. The zero-order valence-corrected chi connectivity index (χ0v) is 11.2. The first-order valence-corrected chi connectivity index (χ1v) is 6.70. The Morgan fingerprint density at radius 3 is 2.67 bits per heavy atom. The maximum atomic E-state index is 12.1. The zero-order chi connectivity index (χ0) is 13.5. The van der Waals surface area contributed by atoms with E-state index < -0.39 is 10.0 Å². The molecule has 0 atom stereocenters. The summed E-state index contributed by atoms with van der Waals surface area (Å²) >= 11 is 5.78. The van der Waals surface area contributed by atoms with Crippen LogP contribution in [0.2, 0.25) is 5.02 Å². The molecule has 0 saturated heterocycles. The summed E-state index contributed by atoms with van der Waals surface area (Å²) in [4.78, 5) is 0. The summed E-state index contributed by atoms with van der Waals surface area (Å²) in [7, 11) is -2.41. The minimum Gasteiger partial charge on any atom is -0.394 e. The monoisotopic (exact) mass is 290 g/mol. The van der Waals surface area contributed by atoms with Gasteiger partial charge in [0.25, 0.3) is 10.0 Å². The third-order valence-electron chi connectivity index (χ3n) is 2.32. The van der Waals surface area contributed by atoms with Crippen molar-refractivity contribution in [3.05, 3.63) is 16.9 Å². The Bertz CT molecular complexity index is 669. The number of anilines is 2. The van der Waals surface area contributed by atoms with E-state index in [0.717, 1.165) is 4.68 Å². The maximum Gasteiger partial charge on any atom is 0.281 e. The zero-order valence-electron chi connectivity index (χ0n) is 9.60. The van der Waals surface area contributed by atoms with E-state index in [1.54, 1.807) is 6.92 Å². The Kier molecular flexibility index (Phi) is 2.95. The molecule has 0 saturated carbocycles. The smallest absolute Gasteiger partial charge is 0.281 e. The van der Waals surface area contributed by atoms with Gasteiger partial charge in [-0.05, 0) is 6.92 Å². The number of rotatable bonds is 3. The van der Waals surface area contributed by atoms with E-state index in [0.29, 0.717) is 5.69 Å². The minimum absolute atomic E-state index is 0.0239. The number of aryl methyl sites for hydroxylation is 2. The fraction of sp³-hybridized carbons (Fsp3) is 0.250. The van der Waals surface area contributed by atoms with Crippen molar-refractivity contribution in [1.82, 2.24) is 20.0 Å². The molecule has 0 aliphatic carbocycles. The molecule has 2 rings (SSSR count). The number of H-pyrrole nitrogens is 1. The highest BCUT2D eigenvalue weighted by molar-refractivity contribution is 7.92. The SMILES string of the molecule is Cc1[nH]nc(NS(=O)(=O)c2c(Cl)cnn2C)c1N. The number of hydrogen-bond donors (Lipinski definition) is 3. The van der Waals surface area contributed by atoms with E-state index in [4.69, 9.17) is 17.3 Å². The van der Waals surface area contributed by atoms with Crippen molar-refractivity contribution in [2.24, 2.45) is 7.05 Å². The van der Waals surface area contributed by atoms with Gasteiger partial charge in [0.1, 0.15) is 0 Å². The standard InChI is InChI=1S/C8H11ClN6O2S/c1-4-6(10)7(13-12-4)14-18(16,17)8-5(9)3-11-15(8)2/h3H,10H2,1-2H3,(H2,12,13,14). The van der Waals surface area contributed by atoms with Crippen LogP contribution in [0.3, 0.4) is 0 Å². The lowest BCUT2D eigenvalue weighted by atomic mass is 10.4. The highest BCUT2D eigenvalue weighted by atomic mass is 35.5. The first kappa shape index (κ1) is 12.7. The van der Waals surface area contributed by atoms with Gasteiger partial charge in [-0.3, -0.25) is 14.5 Å². The van der Waals surface area contributed by atoms with Gasteiger partial charge in [-0.25, -0.2) is 0 Å². The van der Waals surface area contributed by atoms with Gasteiger partial charge in [-0.2, -0.15) is 18.6 Å². The van der Waals surface area contributed by atoms with Gasteiger partial charge in [-0.15, -0.1) is 0 Å². The quantitative estimate of drug-likeness (QED) is 0.760. The third kappa shape index (κ3) is 2.02. The van der Waals surface area contributed by atoms with Crippen LogP contribution in [0, 0.1) is 6.92 Å². The van der Waals surface area contributed by atoms with Crippen LogP contribution < -0.4 is 10.5 Å². The van der Waals surface area contributed by atoms with Crippen LogP contribution in [-0.2, 0) is 17.1 Å². The first-order valence-electron chi connectivity index (χ1n) is 4.83. The summed E-state index contributed by atoms with van der Waals surface area (Å²) in [6, 6.07) is 0. The Morgan fingerprint density at radius 2 is 2.22 bits per heavy atom. The molecule has 0 aromatic carbocycles. The number of hydrogen-bond acceptors (Lipinski definition) is 5. The Balaban J connectivity index is 2.43. The van der Waals surface area contributed by atoms with Gasteiger partial charge in [0.05, 0.1) is 22.6 Å². The Hall–Kier alpha value is -1.74. The lowest BCUT2D eigenvalue weighted by molar-refractivity contribution is 0.582. The number of nitrogens with two attached hydrogens (primary N) is 1. The molecule has 0 spiro atoms. The molecular formula is C8H11ClN6O2S. The highest BCUT2D eigenvalue weighted by Crippen LogP contribution is 2.25. The summed E-state index contributed by atoms with van der Waals surface area (Å²) < 4.78 is 27.6. The predicted octanol–water partition coefficient (Wildman–Crippen LogP) is 0.488. The van der Waals surface area contributed by atoms with E-state index in [1.807, 2.05) is 0 Å². The van der Waals surface area contributed by atoms with Gasteiger partial charge in [0.15, 0.2) is 10.8 Å². The molecule has 0 fully saturated rings. The van der Waals surface area contributed by atoms with Crippen LogP contribution in [0.5, 0.6) is 0 Å². The van der Waals surface area contributed by atoms with Crippen molar-refractivity contribution in [1.29, 1.82) is 0 Å². The van der Waals surface area contributed by atoms with Crippen LogP contribution in [0.4, 0.5) is 11.5 Å². The number of nitrogens with zero attached hydrogens (tertiary/aromatic N) is 3. The minimum atomic E-state index is -3.88. The van der Waals surface area contributed by atoms with Crippen LogP contribution >= 0.6 is 11.6 Å². The van der Waals surface area contributed by atoms with E-state index in [1.165, 1.54) is 13.2 Å². The summed E-state index contributed by atoms with van der Waals surface area (Å²) in [6.45, 7) is 1.68. The molecule has 0 bridgehead atoms. The summed E-state index contributed by atoms with van der Waals surface area (Å²) in [5, 5.41) is 9.97. The van der Waals surface area contributed by atoms with Gasteiger partial charge in [0.2, 0.25) is 0 Å². The number of halogens is 1. The van der Waals surface area contributed by atoms with Crippen molar-refractivity contribution in [2.75, 3.05) is 10.5 Å². The van der Waals surface area contributed by atoms with Gasteiger partial charge in [0, 0.05) is 7.05 Å². The lowest BCUT2D eigenvalue weighted by Gasteiger charge is -2.06. The van der Waals surface area contributed by atoms with Crippen molar-refractivity contribution in [3.8, 4) is 0 Å². The van der Waals surface area contributed by atoms with E-state index in [2.05, 4.69) is 20.0 Å². The normalized spacial score (nSPS) is 11.7. The van der Waals surface area contributed by atoms with E-state index in [-0.39, 0.29) is 21.6 Å². The summed E-state index contributed by atoms with van der Waals surface area (Å²) in [5.41, 5.74) is 6.47. The molecule has 4 N–H and O–H groups in total. The molecule has 0 amide bonds. The fourth-order valence-corrected chi connectivity index (χ4v) is 3.07. The molecule has 98 valence electrons. The molecular weight excluding hydrogens is 280 g/mol. The van der Waals surface area contributed by atoms with Crippen molar-refractivity contribution >= 4 is 33.1 Å². The molecule has 0 aliphatic heterocycles. The van der Waals surface area contributed by atoms with Gasteiger partial charge < -0.3 is 5.73 Å². The summed E-state index contributed by atoms with van der Waals surface area (Å²) in [5.74, 6) is 0.0322. The number of nitrogens with one attached hydrogen (secondary N) is 2. The second-order valence-corrected chi connectivity index (χ2v) is 5.64. The van der Waals surface area contributed by atoms with Gasteiger partial charge in [-0.1, -0.05) is 11.6 Å². The maximum absolute atomic E-state index is 12.1. The number of aromatic nitrogens is 4. The van der Waals surface area contributed by atoms with Gasteiger partial charge >= 0.3 is 0 Å².